The minimum atomic E-state index is 0.409. The van der Waals surface area contributed by atoms with Crippen molar-refractivity contribution in [3.05, 3.63) is 18.1 Å². The topological polar surface area (TPSA) is 56.1 Å². The quantitative estimate of drug-likeness (QED) is 0.818. The molecule has 1 aromatic heterocycles. The molecule has 0 unspecified atom stereocenters. The molecule has 5 heteroatoms. The largest absolute Gasteiger partial charge is 0.357 e. The van der Waals surface area contributed by atoms with Crippen LogP contribution in [-0.2, 0) is 0 Å². The number of hydrogen-bond donors (Lipinski definition) is 0. The lowest BCUT2D eigenvalue weighted by atomic mass is 10.1. The zero-order chi connectivity index (χ0) is 14.5. The Kier molecular flexibility index (Phi) is 4.91. The molecule has 2 rings (SSSR count). The van der Waals surface area contributed by atoms with Gasteiger partial charge >= 0.3 is 0 Å². The predicted octanol–water partition coefficient (Wildman–Crippen LogP) is 1.76. The van der Waals surface area contributed by atoms with Crippen LogP contribution < -0.4 is 4.90 Å². The maximum atomic E-state index is 9.08. The van der Waals surface area contributed by atoms with Crippen molar-refractivity contribution >= 4 is 5.82 Å². The SMILES string of the molecule is CC(C)CN1CC[C@@H](CN(C)c2nccnc2C#N)C1. The molecular weight excluding hydrogens is 250 g/mol. The molecule has 0 N–H and O–H groups in total. The second-order valence-electron chi connectivity index (χ2n) is 6.03. The second-order valence-corrected chi connectivity index (χ2v) is 6.03. The molecule has 108 valence electrons. The minimum Gasteiger partial charge on any atom is -0.357 e. The van der Waals surface area contributed by atoms with Crippen LogP contribution in [-0.4, -0.2) is 48.1 Å². The lowest BCUT2D eigenvalue weighted by molar-refractivity contribution is 0.288. The lowest BCUT2D eigenvalue weighted by Crippen LogP contribution is -2.30. The van der Waals surface area contributed by atoms with Crippen LogP contribution in [0.2, 0.25) is 0 Å². The highest BCUT2D eigenvalue weighted by Crippen LogP contribution is 2.21. The summed E-state index contributed by atoms with van der Waals surface area (Å²) in [5, 5.41) is 9.08. The van der Waals surface area contributed by atoms with Gasteiger partial charge in [0.15, 0.2) is 11.5 Å². The molecule has 5 nitrogen and oxygen atoms in total. The number of aromatic nitrogens is 2. The summed E-state index contributed by atoms with van der Waals surface area (Å²) < 4.78 is 0. The molecule has 0 saturated carbocycles. The average Bonchev–Trinajstić information content (AvgIpc) is 2.85. The van der Waals surface area contributed by atoms with Crippen molar-refractivity contribution in [1.82, 2.24) is 14.9 Å². The number of hydrogen-bond acceptors (Lipinski definition) is 5. The van der Waals surface area contributed by atoms with Crippen LogP contribution in [0.1, 0.15) is 26.0 Å². The Morgan fingerprint density at radius 1 is 1.45 bits per heavy atom. The van der Waals surface area contributed by atoms with Crippen LogP contribution >= 0.6 is 0 Å². The maximum Gasteiger partial charge on any atom is 0.183 e. The van der Waals surface area contributed by atoms with Crippen molar-refractivity contribution in [1.29, 1.82) is 5.26 Å². The normalized spacial score (nSPS) is 19.2. The van der Waals surface area contributed by atoms with Crippen molar-refractivity contribution in [2.24, 2.45) is 11.8 Å². The van der Waals surface area contributed by atoms with Gasteiger partial charge < -0.3 is 9.80 Å². The Morgan fingerprint density at radius 3 is 2.90 bits per heavy atom. The van der Waals surface area contributed by atoms with Crippen LogP contribution in [0.25, 0.3) is 0 Å². The Labute approximate surface area is 121 Å². The highest BCUT2D eigenvalue weighted by atomic mass is 15.2. The van der Waals surface area contributed by atoms with Gasteiger partial charge in [0.1, 0.15) is 6.07 Å². The van der Waals surface area contributed by atoms with Gasteiger partial charge in [-0.1, -0.05) is 13.8 Å². The van der Waals surface area contributed by atoms with E-state index in [1.165, 1.54) is 19.5 Å². The third-order valence-corrected chi connectivity index (χ3v) is 3.67. The predicted molar refractivity (Wildman–Crippen MR) is 79.4 cm³/mol. The Hall–Kier alpha value is -1.67. The number of nitriles is 1. The Morgan fingerprint density at radius 2 is 2.20 bits per heavy atom. The molecule has 0 spiro atoms. The first-order valence-corrected chi connectivity index (χ1v) is 7.24. The van der Waals surface area contributed by atoms with Gasteiger partial charge in [-0.2, -0.15) is 5.26 Å². The van der Waals surface area contributed by atoms with E-state index in [2.05, 4.69) is 39.7 Å². The number of anilines is 1. The zero-order valence-corrected chi connectivity index (χ0v) is 12.6. The molecule has 0 aromatic carbocycles. The number of rotatable bonds is 5. The van der Waals surface area contributed by atoms with E-state index in [4.69, 9.17) is 5.26 Å². The standard InChI is InChI=1S/C15H23N5/c1-12(2)9-20-7-4-13(11-20)10-19(3)15-14(8-16)17-5-6-18-15/h5-6,12-13H,4,7,9-11H2,1-3H3/t13-/m0/s1. The summed E-state index contributed by atoms with van der Waals surface area (Å²) in [5.74, 6) is 2.06. The van der Waals surface area contributed by atoms with Crippen molar-refractivity contribution in [3.8, 4) is 6.07 Å². The Bertz CT molecular complexity index is 479. The van der Waals surface area contributed by atoms with E-state index in [1.807, 2.05) is 7.05 Å². The van der Waals surface area contributed by atoms with Crippen LogP contribution in [0.4, 0.5) is 5.82 Å². The van der Waals surface area contributed by atoms with E-state index in [0.717, 1.165) is 19.0 Å². The van der Waals surface area contributed by atoms with Crippen molar-refractivity contribution < 1.29 is 0 Å². The minimum absolute atomic E-state index is 0.409. The van der Waals surface area contributed by atoms with E-state index in [9.17, 15) is 0 Å². The van der Waals surface area contributed by atoms with Crippen molar-refractivity contribution in [2.75, 3.05) is 38.1 Å². The summed E-state index contributed by atoms with van der Waals surface area (Å²) in [7, 11) is 2.00. The van der Waals surface area contributed by atoms with Crippen LogP contribution in [0.3, 0.4) is 0 Å². The summed E-state index contributed by atoms with van der Waals surface area (Å²) in [6.07, 6.45) is 4.43. The first kappa shape index (κ1) is 14.7. The first-order valence-electron chi connectivity index (χ1n) is 7.24. The van der Waals surface area contributed by atoms with Gasteiger partial charge in [0.2, 0.25) is 0 Å². The van der Waals surface area contributed by atoms with E-state index in [1.54, 1.807) is 12.4 Å². The summed E-state index contributed by atoms with van der Waals surface area (Å²) in [6.45, 7) is 8.96. The third kappa shape index (κ3) is 3.67. The number of nitrogens with zero attached hydrogens (tertiary/aromatic N) is 5. The maximum absolute atomic E-state index is 9.08. The van der Waals surface area contributed by atoms with Gasteiger partial charge in [0.25, 0.3) is 0 Å². The molecule has 1 aliphatic heterocycles. The molecular formula is C15H23N5. The van der Waals surface area contributed by atoms with E-state index >= 15 is 0 Å². The number of likely N-dealkylation sites (tertiary alicyclic amines) is 1. The molecule has 1 fully saturated rings. The van der Waals surface area contributed by atoms with Gasteiger partial charge in [0, 0.05) is 39.1 Å². The molecule has 1 saturated heterocycles. The fraction of sp³-hybridized carbons (Fsp3) is 0.667. The van der Waals surface area contributed by atoms with Crippen molar-refractivity contribution in [2.45, 2.75) is 20.3 Å². The highest BCUT2D eigenvalue weighted by molar-refractivity contribution is 5.48. The van der Waals surface area contributed by atoms with Gasteiger partial charge in [-0.3, -0.25) is 0 Å². The summed E-state index contributed by atoms with van der Waals surface area (Å²) in [6, 6.07) is 2.11. The van der Waals surface area contributed by atoms with Gasteiger partial charge in [-0.15, -0.1) is 0 Å². The third-order valence-electron chi connectivity index (χ3n) is 3.67. The van der Waals surface area contributed by atoms with Crippen LogP contribution in [0.15, 0.2) is 12.4 Å². The van der Waals surface area contributed by atoms with E-state index in [-0.39, 0.29) is 0 Å². The molecule has 1 aliphatic rings. The summed E-state index contributed by atoms with van der Waals surface area (Å²) in [4.78, 5) is 13.0. The fourth-order valence-corrected chi connectivity index (χ4v) is 2.91. The van der Waals surface area contributed by atoms with Gasteiger partial charge in [-0.25, -0.2) is 9.97 Å². The smallest absolute Gasteiger partial charge is 0.183 e. The first-order chi connectivity index (χ1) is 9.60. The lowest BCUT2D eigenvalue weighted by Gasteiger charge is -2.23. The summed E-state index contributed by atoms with van der Waals surface area (Å²) in [5.41, 5.74) is 0.409. The molecule has 1 aromatic rings. The highest BCUT2D eigenvalue weighted by Gasteiger charge is 2.24. The van der Waals surface area contributed by atoms with Crippen LogP contribution in [0, 0.1) is 23.2 Å². The van der Waals surface area contributed by atoms with Crippen LogP contribution in [0.5, 0.6) is 0 Å². The molecule has 1 atom stereocenters. The fourth-order valence-electron chi connectivity index (χ4n) is 2.91. The monoisotopic (exact) mass is 273 g/mol. The molecule has 0 amide bonds. The molecule has 0 radical (unpaired) electrons. The molecule has 0 aliphatic carbocycles. The van der Waals surface area contributed by atoms with Gasteiger partial charge in [0.05, 0.1) is 0 Å². The van der Waals surface area contributed by atoms with E-state index < -0.39 is 0 Å². The zero-order valence-electron chi connectivity index (χ0n) is 12.6. The molecule has 20 heavy (non-hydrogen) atoms. The second kappa shape index (κ2) is 6.67. The average molecular weight is 273 g/mol. The molecule has 2 heterocycles. The van der Waals surface area contributed by atoms with Crippen molar-refractivity contribution in [3.63, 3.8) is 0 Å². The van der Waals surface area contributed by atoms with E-state index in [0.29, 0.717) is 17.4 Å². The Balaban J connectivity index is 1.93. The van der Waals surface area contributed by atoms with Gasteiger partial charge in [-0.05, 0) is 24.8 Å². The molecule has 0 bridgehead atoms. The summed E-state index contributed by atoms with van der Waals surface area (Å²) >= 11 is 0.